The quantitative estimate of drug-likeness (QED) is 0.932. The zero-order valence-corrected chi connectivity index (χ0v) is 10.7. The van der Waals surface area contributed by atoms with E-state index in [1.54, 1.807) is 0 Å². The van der Waals surface area contributed by atoms with Gasteiger partial charge in [0.25, 0.3) is 0 Å². The third-order valence-electron chi connectivity index (χ3n) is 2.35. The largest absolute Gasteiger partial charge is 0.319 e. The number of nitrogens with zero attached hydrogens (tertiary/aromatic N) is 2. The van der Waals surface area contributed by atoms with Crippen LogP contribution in [-0.4, -0.2) is 23.4 Å². The highest BCUT2D eigenvalue weighted by Crippen LogP contribution is 2.15. The second kappa shape index (κ2) is 5.27. The molecule has 0 saturated heterocycles. The van der Waals surface area contributed by atoms with Gasteiger partial charge in [-0.05, 0) is 31.3 Å². The van der Waals surface area contributed by atoms with Gasteiger partial charge in [0.1, 0.15) is 0 Å². The van der Waals surface area contributed by atoms with Crippen LogP contribution in [0.3, 0.4) is 0 Å². The number of hydrogen-bond acceptors (Lipinski definition) is 2. The van der Waals surface area contributed by atoms with E-state index in [0.29, 0.717) is 0 Å². The van der Waals surface area contributed by atoms with E-state index in [1.165, 1.54) is 0 Å². The molecule has 16 heavy (non-hydrogen) atoms. The lowest BCUT2D eigenvalue weighted by molar-refractivity contribution is 0.755. The van der Waals surface area contributed by atoms with Gasteiger partial charge in [-0.2, -0.15) is 5.10 Å². The average Bonchev–Trinajstić information content (AvgIpc) is 2.75. The first-order valence-electron chi connectivity index (χ1n) is 5.24. The number of halogens is 1. The Morgan fingerprint density at radius 3 is 3.00 bits per heavy atom. The van der Waals surface area contributed by atoms with Crippen LogP contribution < -0.4 is 5.32 Å². The topological polar surface area (TPSA) is 29.9 Å². The lowest BCUT2D eigenvalue weighted by Crippen LogP contribution is -2.10. The highest BCUT2D eigenvalue weighted by molar-refractivity contribution is 9.10. The zero-order chi connectivity index (χ0) is 11.4. The number of aromatic nitrogens is 2. The molecule has 1 heterocycles. The van der Waals surface area contributed by atoms with E-state index >= 15 is 0 Å². The third-order valence-corrected chi connectivity index (χ3v) is 2.84. The van der Waals surface area contributed by atoms with Crippen LogP contribution in [0.2, 0.25) is 0 Å². The van der Waals surface area contributed by atoms with Crippen LogP contribution in [0.15, 0.2) is 41.0 Å². The molecule has 3 nitrogen and oxygen atoms in total. The molecule has 4 heteroatoms. The summed E-state index contributed by atoms with van der Waals surface area (Å²) in [5, 5.41) is 7.63. The Balaban J connectivity index is 2.18. The molecule has 1 aromatic heterocycles. The molecular weight excluding hydrogens is 266 g/mol. The van der Waals surface area contributed by atoms with Crippen LogP contribution in [-0.2, 0) is 6.42 Å². The summed E-state index contributed by atoms with van der Waals surface area (Å²) in [5.41, 5.74) is 2.18. The summed E-state index contributed by atoms with van der Waals surface area (Å²) in [5.74, 6) is 0. The number of rotatable bonds is 4. The fraction of sp³-hybridized carbons (Fsp3) is 0.250. The van der Waals surface area contributed by atoms with Crippen molar-refractivity contribution >= 4 is 15.9 Å². The Hall–Kier alpha value is -1.13. The first kappa shape index (κ1) is 11.4. The maximum Gasteiger partial charge on any atom is 0.0656 e. The molecule has 1 N–H and O–H groups in total. The van der Waals surface area contributed by atoms with Gasteiger partial charge in [-0.3, -0.25) is 0 Å². The molecule has 2 rings (SSSR count). The molecule has 84 valence electrons. The number of benzene rings is 1. The number of likely N-dealkylation sites (N-methyl/N-ethyl adjacent to an activating group) is 1. The summed E-state index contributed by atoms with van der Waals surface area (Å²) in [7, 11) is 1.95. The second-order valence-corrected chi connectivity index (χ2v) is 4.50. The van der Waals surface area contributed by atoms with Crippen molar-refractivity contribution in [3.8, 4) is 5.69 Å². The molecule has 0 aliphatic heterocycles. The van der Waals surface area contributed by atoms with E-state index in [0.717, 1.165) is 28.8 Å². The van der Waals surface area contributed by atoms with Gasteiger partial charge in [0.05, 0.1) is 11.4 Å². The van der Waals surface area contributed by atoms with Crippen LogP contribution in [0, 0.1) is 0 Å². The van der Waals surface area contributed by atoms with Gasteiger partial charge in [0.2, 0.25) is 0 Å². The molecule has 0 aliphatic carbocycles. The van der Waals surface area contributed by atoms with Gasteiger partial charge in [-0.25, -0.2) is 4.68 Å². The van der Waals surface area contributed by atoms with Gasteiger partial charge in [-0.15, -0.1) is 0 Å². The summed E-state index contributed by atoms with van der Waals surface area (Å²) in [6, 6.07) is 10.2. The molecule has 0 fully saturated rings. The zero-order valence-electron chi connectivity index (χ0n) is 9.15. The van der Waals surface area contributed by atoms with Gasteiger partial charge in [-0.1, -0.05) is 22.0 Å². The van der Waals surface area contributed by atoms with Crippen LogP contribution in [0.4, 0.5) is 0 Å². The lowest BCUT2D eigenvalue weighted by atomic mass is 10.3. The van der Waals surface area contributed by atoms with Gasteiger partial charge >= 0.3 is 0 Å². The van der Waals surface area contributed by atoms with Gasteiger partial charge in [0, 0.05) is 23.6 Å². The van der Waals surface area contributed by atoms with E-state index in [1.807, 2.05) is 36.1 Å². The molecule has 1 aromatic carbocycles. The fourth-order valence-electron chi connectivity index (χ4n) is 1.51. The van der Waals surface area contributed by atoms with Crippen molar-refractivity contribution in [2.24, 2.45) is 0 Å². The van der Waals surface area contributed by atoms with Crippen molar-refractivity contribution in [1.82, 2.24) is 15.1 Å². The summed E-state index contributed by atoms with van der Waals surface area (Å²) in [4.78, 5) is 0. The molecule has 0 amide bonds. The van der Waals surface area contributed by atoms with Crippen LogP contribution in [0.1, 0.15) is 5.69 Å². The summed E-state index contributed by atoms with van der Waals surface area (Å²) in [6.07, 6.45) is 2.95. The first-order chi connectivity index (χ1) is 7.79. The average molecular weight is 280 g/mol. The minimum atomic E-state index is 0.954. The van der Waals surface area contributed by atoms with Crippen LogP contribution in [0.5, 0.6) is 0 Å². The molecule has 2 aromatic rings. The Morgan fingerprint density at radius 1 is 1.38 bits per heavy atom. The van der Waals surface area contributed by atoms with Crippen molar-refractivity contribution in [2.75, 3.05) is 13.6 Å². The predicted octanol–water partition coefficient (Wildman–Crippen LogP) is 2.40. The molecule has 0 radical (unpaired) electrons. The van der Waals surface area contributed by atoms with E-state index < -0.39 is 0 Å². The Bertz CT molecular complexity index is 465. The molecule has 0 atom stereocenters. The van der Waals surface area contributed by atoms with Crippen molar-refractivity contribution < 1.29 is 0 Å². The summed E-state index contributed by atoms with van der Waals surface area (Å²) in [6.45, 7) is 0.954. The van der Waals surface area contributed by atoms with E-state index in [2.05, 4.69) is 38.5 Å². The van der Waals surface area contributed by atoms with E-state index in [4.69, 9.17) is 0 Å². The maximum absolute atomic E-state index is 4.51. The van der Waals surface area contributed by atoms with Crippen molar-refractivity contribution in [3.05, 3.63) is 46.7 Å². The SMILES string of the molecule is CNCCc1ccn(-c2cccc(Br)c2)n1. The fourth-order valence-corrected chi connectivity index (χ4v) is 1.90. The van der Waals surface area contributed by atoms with Crippen molar-refractivity contribution in [1.29, 1.82) is 0 Å². The van der Waals surface area contributed by atoms with Crippen molar-refractivity contribution in [2.45, 2.75) is 6.42 Å². The lowest BCUT2D eigenvalue weighted by Gasteiger charge is -2.01. The molecule has 0 aliphatic rings. The monoisotopic (exact) mass is 279 g/mol. The smallest absolute Gasteiger partial charge is 0.0656 e. The first-order valence-corrected chi connectivity index (χ1v) is 6.04. The highest BCUT2D eigenvalue weighted by atomic mass is 79.9. The van der Waals surface area contributed by atoms with Crippen LogP contribution in [0.25, 0.3) is 5.69 Å². The van der Waals surface area contributed by atoms with Crippen LogP contribution >= 0.6 is 15.9 Å². The molecule has 0 spiro atoms. The number of hydrogen-bond donors (Lipinski definition) is 1. The minimum absolute atomic E-state index is 0.954. The molecule has 0 saturated carbocycles. The Morgan fingerprint density at radius 2 is 2.25 bits per heavy atom. The summed E-state index contributed by atoms with van der Waals surface area (Å²) >= 11 is 3.46. The third kappa shape index (κ3) is 2.71. The molecular formula is C12H14BrN3. The maximum atomic E-state index is 4.51. The minimum Gasteiger partial charge on any atom is -0.319 e. The normalized spacial score (nSPS) is 10.6. The van der Waals surface area contributed by atoms with E-state index in [-0.39, 0.29) is 0 Å². The molecule has 0 bridgehead atoms. The van der Waals surface area contributed by atoms with E-state index in [9.17, 15) is 0 Å². The van der Waals surface area contributed by atoms with Crippen molar-refractivity contribution in [3.63, 3.8) is 0 Å². The number of nitrogens with one attached hydrogen (secondary N) is 1. The Kier molecular flexibility index (Phi) is 3.74. The Labute approximate surface area is 104 Å². The van der Waals surface area contributed by atoms with Gasteiger partial charge in [0.15, 0.2) is 0 Å². The predicted molar refractivity (Wildman–Crippen MR) is 68.9 cm³/mol. The second-order valence-electron chi connectivity index (χ2n) is 3.59. The van der Waals surface area contributed by atoms with Gasteiger partial charge < -0.3 is 5.32 Å². The molecule has 0 unspecified atom stereocenters. The summed E-state index contributed by atoms with van der Waals surface area (Å²) < 4.78 is 2.97. The highest BCUT2D eigenvalue weighted by Gasteiger charge is 2.00. The standard InChI is InChI=1S/C12H14BrN3/c1-14-7-5-11-6-8-16(15-11)12-4-2-3-10(13)9-12/h2-4,6,8-9,14H,5,7H2,1H3.